The minimum atomic E-state index is -0.668. The number of benzene rings is 1. The Balaban J connectivity index is 1.69. The second kappa shape index (κ2) is 9.14. The third-order valence-corrected chi connectivity index (χ3v) is 4.51. The lowest BCUT2D eigenvalue weighted by atomic mass is 10.1. The van der Waals surface area contributed by atoms with Gasteiger partial charge in [0.05, 0.1) is 19.0 Å². The largest absolute Gasteiger partial charge is 0.427 e. The van der Waals surface area contributed by atoms with Gasteiger partial charge in [0, 0.05) is 24.7 Å². The van der Waals surface area contributed by atoms with Gasteiger partial charge in [-0.15, -0.1) is 0 Å². The molecule has 2 heterocycles. The van der Waals surface area contributed by atoms with Crippen LogP contribution in [0, 0.1) is 6.92 Å². The minimum Gasteiger partial charge on any atom is -0.427 e. The smallest absolute Gasteiger partial charge is 0.349 e. The van der Waals surface area contributed by atoms with Crippen LogP contribution in [0.2, 0.25) is 0 Å². The van der Waals surface area contributed by atoms with Crippen molar-refractivity contribution < 1.29 is 14.3 Å². The average Bonchev–Trinajstić information content (AvgIpc) is 3.19. The molecule has 0 bridgehead atoms. The first-order chi connectivity index (χ1) is 13.6. The van der Waals surface area contributed by atoms with Gasteiger partial charge in [0.15, 0.2) is 0 Å². The van der Waals surface area contributed by atoms with E-state index in [2.05, 4.69) is 15.3 Å². The number of hydrogen-bond donors (Lipinski definition) is 3. The van der Waals surface area contributed by atoms with E-state index in [9.17, 15) is 14.7 Å². The Labute approximate surface area is 162 Å². The van der Waals surface area contributed by atoms with Crippen LogP contribution in [0.25, 0.3) is 0 Å². The molecule has 3 rings (SSSR count). The molecule has 28 heavy (non-hydrogen) atoms. The Bertz CT molecular complexity index is 965. The summed E-state index contributed by atoms with van der Waals surface area (Å²) in [6.45, 7) is 1.45. The molecule has 7 nitrogen and oxygen atoms in total. The van der Waals surface area contributed by atoms with Gasteiger partial charge in [-0.2, -0.15) is 0 Å². The van der Waals surface area contributed by atoms with Gasteiger partial charge in [0.1, 0.15) is 11.3 Å². The number of aromatic nitrogens is 2. The summed E-state index contributed by atoms with van der Waals surface area (Å²) in [6, 6.07) is 11.1. The molecule has 0 radical (unpaired) electrons. The van der Waals surface area contributed by atoms with E-state index >= 15 is 0 Å². The second-order valence-electron chi connectivity index (χ2n) is 6.68. The predicted octanol–water partition coefficient (Wildman–Crippen LogP) is 1.79. The van der Waals surface area contributed by atoms with E-state index in [-0.39, 0.29) is 12.2 Å². The van der Waals surface area contributed by atoms with Gasteiger partial charge >= 0.3 is 5.63 Å². The number of aliphatic hydroxyl groups is 1. The number of nitrogens with zero attached hydrogens (tertiary/aromatic N) is 1. The quantitative estimate of drug-likeness (QED) is 0.551. The number of rotatable bonds is 8. The summed E-state index contributed by atoms with van der Waals surface area (Å²) in [5, 5.41) is 12.2. The molecule has 3 N–H and O–H groups in total. The third kappa shape index (κ3) is 4.95. The topological polar surface area (TPSA) is 108 Å². The number of amides is 1. The Morgan fingerprint density at radius 2 is 2.07 bits per heavy atom. The van der Waals surface area contributed by atoms with Crippen molar-refractivity contribution >= 4 is 5.91 Å². The van der Waals surface area contributed by atoms with Crippen molar-refractivity contribution in [3.8, 4) is 0 Å². The van der Waals surface area contributed by atoms with Crippen LogP contribution in [-0.4, -0.2) is 33.6 Å². The Kier molecular flexibility index (Phi) is 6.39. The number of imidazole rings is 1. The summed E-state index contributed by atoms with van der Waals surface area (Å²) in [7, 11) is 0. The van der Waals surface area contributed by atoms with Crippen molar-refractivity contribution in [3.05, 3.63) is 87.5 Å². The molecule has 0 aliphatic rings. The molecule has 0 fully saturated rings. The van der Waals surface area contributed by atoms with Crippen molar-refractivity contribution in [1.82, 2.24) is 15.3 Å². The number of carbonyl (C=O) groups excluding carboxylic acids is 1. The van der Waals surface area contributed by atoms with E-state index in [4.69, 9.17) is 4.42 Å². The zero-order chi connectivity index (χ0) is 19.9. The fourth-order valence-corrected chi connectivity index (χ4v) is 3.06. The fraction of sp³-hybridized carbons (Fsp3) is 0.286. The molecule has 1 atom stereocenters. The first kappa shape index (κ1) is 19.6. The first-order valence-electron chi connectivity index (χ1n) is 9.13. The van der Waals surface area contributed by atoms with Crippen LogP contribution in [0.15, 0.2) is 58.1 Å². The molecule has 0 saturated carbocycles. The number of aryl methyl sites for hydroxylation is 3. The van der Waals surface area contributed by atoms with Crippen LogP contribution in [-0.2, 0) is 19.3 Å². The predicted molar refractivity (Wildman–Crippen MR) is 104 cm³/mol. The van der Waals surface area contributed by atoms with Crippen LogP contribution < -0.4 is 10.9 Å². The molecule has 1 amide bonds. The van der Waals surface area contributed by atoms with E-state index in [0.29, 0.717) is 24.2 Å². The van der Waals surface area contributed by atoms with Crippen LogP contribution in [0.4, 0.5) is 0 Å². The lowest BCUT2D eigenvalue weighted by Gasteiger charge is -2.16. The molecular formula is C21H23N3O4. The molecule has 0 aliphatic carbocycles. The van der Waals surface area contributed by atoms with Gasteiger partial charge in [-0.1, -0.05) is 30.3 Å². The highest BCUT2D eigenvalue weighted by atomic mass is 16.4. The van der Waals surface area contributed by atoms with Crippen LogP contribution >= 0.6 is 0 Å². The maximum atomic E-state index is 12.6. The number of H-pyrrole nitrogens is 1. The minimum absolute atomic E-state index is 0.0356. The molecule has 0 unspecified atom stereocenters. The summed E-state index contributed by atoms with van der Waals surface area (Å²) in [4.78, 5) is 31.8. The van der Waals surface area contributed by atoms with Gasteiger partial charge in [0.25, 0.3) is 5.91 Å². The summed E-state index contributed by atoms with van der Waals surface area (Å²) >= 11 is 0. The van der Waals surface area contributed by atoms with Gasteiger partial charge in [-0.05, 0) is 30.5 Å². The maximum Gasteiger partial charge on any atom is 0.349 e. The zero-order valence-corrected chi connectivity index (χ0v) is 15.6. The lowest BCUT2D eigenvalue weighted by molar-refractivity contribution is 0.0911. The highest BCUT2D eigenvalue weighted by Crippen LogP contribution is 2.11. The SMILES string of the molecule is Cc1cc(CCc2ccccc2)oc(=O)c1C(=O)N[C@H](CO)Cc1cnc[nH]1. The molecule has 0 spiro atoms. The van der Waals surface area contributed by atoms with Crippen LogP contribution in [0.1, 0.15) is 32.9 Å². The lowest BCUT2D eigenvalue weighted by Crippen LogP contribution is -2.41. The summed E-state index contributed by atoms with van der Waals surface area (Å²) in [5.74, 6) is -0.0153. The molecule has 2 aromatic heterocycles. The number of carbonyl (C=O) groups is 1. The van der Waals surface area contributed by atoms with E-state index in [0.717, 1.165) is 17.7 Å². The summed E-state index contributed by atoms with van der Waals surface area (Å²) in [6.07, 6.45) is 4.84. The number of aliphatic hydroxyl groups excluding tert-OH is 1. The molecule has 0 saturated heterocycles. The number of hydrogen-bond acceptors (Lipinski definition) is 5. The highest BCUT2D eigenvalue weighted by Gasteiger charge is 2.20. The van der Waals surface area contributed by atoms with E-state index in [1.54, 1.807) is 19.2 Å². The molecule has 7 heteroatoms. The second-order valence-corrected chi connectivity index (χ2v) is 6.68. The van der Waals surface area contributed by atoms with E-state index in [1.807, 2.05) is 30.3 Å². The van der Waals surface area contributed by atoms with Crippen molar-refractivity contribution in [2.45, 2.75) is 32.2 Å². The zero-order valence-electron chi connectivity index (χ0n) is 15.6. The van der Waals surface area contributed by atoms with Crippen molar-refractivity contribution in [1.29, 1.82) is 0 Å². The first-order valence-corrected chi connectivity index (χ1v) is 9.13. The van der Waals surface area contributed by atoms with Crippen molar-refractivity contribution in [2.75, 3.05) is 6.61 Å². The molecule has 0 aliphatic heterocycles. The average molecular weight is 381 g/mol. The van der Waals surface area contributed by atoms with Crippen molar-refractivity contribution in [3.63, 3.8) is 0 Å². The molecule has 3 aromatic rings. The monoisotopic (exact) mass is 381 g/mol. The van der Waals surface area contributed by atoms with E-state index < -0.39 is 17.6 Å². The fourth-order valence-electron chi connectivity index (χ4n) is 3.06. The summed E-state index contributed by atoms with van der Waals surface area (Å²) < 4.78 is 5.36. The summed E-state index contributed by atoms with van der Waals surface area (Å²) in [5.41, 5.74) is 1.77. The third-order valence-electron chi connectivity index (χ3n) is 4.51. The Hall–Kier alpha value is -3.19. The Morgan fingerprint density at radius 3 is 2.71 bits per heavy atom. The Morgan fingerprint density at radius 1 is 1.29 bits per heavy atom. The maximum absolute atomic E-state index is 12.6. The van der Waals surface area contributed by atoms with Gasteiger partial charge in [-0.3, -0.25) is 4.79 Å². The highest BCUT2D eigenvalue weighted by molar-refractivity contribution is 5.95. The van der Waals surface area contributed by atoms with Crippen LogP contribution in [0.5, 0.6) is 0 Å². The number of nitrogens with one attached hydrogen (secondary N) is 2. The standard InChI is InChI=1S/C21H23N3O4/c1-14-9-18(8-7-15-5-3-2-4-6-15)28-21(27)19(14)20(26)24-17(12-25)10-16-11-22-13-23-16/h2-6,9,11,13,17,25H,7-8,10,12H2,1H3,(H,22,23)(H,24,26)/t17-/m0/s1. The molecule has 146 valence electrons. The van der Waals surface area contributed by atoms with Gasteiger partial charge in [0.2, 0.25) is 0 Å². The van der Waals surface area contributed by atoms with Crippen molar-refractivity contribution in [2.24, 2.45) is 0 Å². The van der Waals surface area contributed by atoms with Gasteiger partial charge in [-0.25, -0.2) is 9.78 Å². The normalized spacial score (nSPS) is 11.9. The molecule has 1 aromatic carbocycles. The number of aromatic amines is 1. The van der Waals surface area contributed by atoms with Gasteiger partial charge < -0.3 is 19.8 Å². The van der Waals surface area contributed by atoms with E-state index in [1.165, 1.54) is 6.33 Å². The molecular weight excluding hydrogens is 358 g/mol. The van der Waals surface area contributed by atoms with Crippen LogP contribution in [0.3, 0.4) is 0 Å².